The van der Waals surface area contributed by atoms with Gasteiger partial charge in [-0.05, 0) is 85.1 Å². The van der Waals surface area contributed by atoms with Crippen LogP contribution in [0, 0.1) is 0 Å². The molecule has 1 aliphatic heterocycles. The Morgan fingerprint density at radius 1 is 0.839 bits per heavy atom. The Morgan fingerprint density at radius 3 is 2.45 bits per heavy atom. The molecule has 0 aliphatic carbocycles. The summed E-state index contributed by atoms with van der Waals surface area (Å²) in [5, 5.41) is 2.64. The smallest absolute Gasteiger partial charge is 0.128 e. The molecule has 2 heterocycles. The van der Waals surface area contributed by atoms with Crippen LogP contribution in [0.5, 0.6) is 5.75 Å². The number of piperidine rings is 1. The van der Waals surface area contributed by atoms with E-state index in [1.165, 1.54) is 59.2 Å². The maximum Gasteiger partial charge on any atom is 0.128 e. The van der Waals surface area contributed by atoms with Crippen molar-refractivity contribution in [2.75, 3.05) is 20.1 Å². The summed E-state index contributed by atoms with van der Waals surface area (Å²) in [4.78, 5) is 2.43. The van der Waals surface area contributed by atoms with E-state index < -0.39 is 0 Å². The molecule has 0 saturated carbocycles. The number of fused-ring (bicyclic) bond motifs is 1. The van der Waals surface area contributed by atoms with Crippen LogP contribution in [0.4, 0.5) is 0 Å². The SMILES string of the molecule is CN1CCC(c2cccc3ccc(OCc4ccc(-c5ccccc5)n4C)cc23)CC1. The number of nitrogens with zero attached hydrogens (tertiary/aromatic N) is 2. The second-order valence-corrected chi connectivity index (χ2v) is 8.73. The van der Waals surface area contributed by atoms with Crippen LogP contribution >= 0.6 is 0 Å². The monoisotopic (exact) mass is 410 g/mol. The average molecular weight is 411 g/mol. The molecule has 0 N–H and O–H groups in total. The first-order chi connectivity index (χ1) is 15.2. The minimum Gasteiger partial charge on any atom is -0.487 e. The van der Waals surface area contributed by atoms with Crippen molar-refractivity contribution in [1.82, 2.24) is 9.47 Å². The lowest BCUT2D eigenvalue weighted by molar-refractivity contribution is 0.256. The summed E-state index contributed by atoms with van der Waals surface area (Å²) in [6.45, 7) is 2.91. The van der Waals surface area contributed by atoms with Gasteiger partial charge in [0.05, 0.1) is 5.69 Å². The third-order valence-electron chi connectivity index (χ3n) is 6.73. The summed E-state index contributed by atoms with van der Waals surface area (Å²) < 4.78 is 8.48. The molecule has 1 saturated heterocycles. The predicted octanol–water partition coefficient (Wildman–Crippen LogP) is 6.23. The molecule has 0 bridgehead atoms. The number of likely N-dealkylation sites (tertiary alicyclic amines) is 1. The molecule has 0 atom stereocenters. The predicted molar refractivity (Wildman–Crippen MR) is 129 cm³/mol. The van der Waals surface area contributed by atoms with Crippen molar-refractivity contribution in [3.8, 4) is 17.0 Å². The summed E-state index contributed by atoms with van der Waals surface area (Å²) in [6, 6.07) is 28.1. The molecule has 1 aromatic heterocycles. The zero-order valence-electron chi connectivity index (χ0n) is 18.4. The van der Waals surface area contributed by atoms with Gasteiger partial charge in [-0.2, -0.15) is 0 Å². The van der Waals surface area contributed by atoms with E-state index in [0.717, 1.165) is 5.75 Å². The lowest BCUT2D eigenvalue weighted by atomic mass is 9.86. The Hall–Kier alpha value is -3.04. The lowest BCUT2D eigenvalue weighted by Gasteiger charge is -2.30. The minimum absolute atomic E-state index is 0.561. The topological polar surface area (TPSA) is 17.4 Å². The fourth-order valence-electron chi connectivity index (χ4n) is 4.80. The van der Waals surface area contributed by atoms with Gasteiger partial charge in [-0.3, -0.25) is 0 Å². The van der Waals surface area contributed by atoms with E-state index in [1.54, 1.807) is 0 Å². The fourth-order valence-corrected chi connectivity index (χ4v) is 4.80. The van der Waals surface area contributed by atoms with E-state index in [9.17, 15) is 0 Å². The standard InChI is InChI=1S/C28H30N2O/c1-29-17-15-22(16-18-29)26-10-6-9-21-11-13-25(19-27(21)26)31-20-24-12-14-28(30(24)2)23-7-4-3-5-8-23/h3-14,19,22H,15-18,20H2,1-2H3. The molecule has 0 radical (unpaired) electrons. The number of benzene rings is 3. The number of aromatic nitrogens is 1. The fraction of sp³-hybridized carbons (Fsp3) is 0.286. The zero-order chi connectivity index (χ0) is 21.2. The van der Waals surface area contributed by atoms with E-state index in [4.69, 9.17) is 4.74 Å². The van der Waals surface area contributed by atoms with Crippen molar-refractivity contribution in [3.63, 3.8) is 0 Å². The normalized spacial score (nSPS) is 15.4. The molecule has 3 heteroatoms. The maximum atomic E-state index is 6.26. The Labute approximate surface area is 184 Å². The molecule has 3 nitrogen and oxygen atoms in total. The highest BCUT2D eigenvalue weighted by Crippen LogP contribution is 2.34. The number of ether oxygens (including phenoxy) is 1. The van der Waals surface area contributed by atoms with Crippen molar-refractivity contribution >= 4 is 10.8 Å². The molecule has 4 aromatic rings. The summed E-state index contributed by atoms with van der Waals surface area (Å²) in [7, 11) is 4.33. The van der Waals surface area contributed by atoms with Gasteiger partial charge < -0.3 is 14.2 Å². The van der Waals surface area contributed by atoms with E-state index in [-0.39, 0.29) is 0 Å². The minimum atomic E-state index is 0.561. The van der Waals surface area contributed by atoms with E-state index in [2.05, 4.69) is 102 Å². The van der Waals surface area contributed by atoms with Gasteiger partial charge in [0.15, 0.2) is 0 Å². The number of rotatable bonds is 5. The highest BCUT2D eigenvalue weighted by Gasteiger charge is 2.20. The summed E-state index contributed by atoms with van der Waals surface area (Å²) >= 11 is 0. The highest BCUT2D eigenvalue weighted by atomic mass is 16.5. The molecule has 0 spiro atoms. The Bertz CT molecular complexity index is 1170. The lowest BCUT2D eigenvalue weighted by Crippen LogP contribution is -2.29. The molecule has 31 heavy (non-hydrogen) atoms. The second-order valence-electron chi connectivity index (χ2n) is 8.73. The Kier molecular flexibility index (Phi) is 5.52. The average Bonchev–Trinajstić information content (AvgIpc) is 3.18. The van der Waals surface area contributed by atoms with Crippen molar-refractivity contribution < 1.29 is 4.74 Å². The van der Waals surface area contributed by atoms with Gasteiger partial charge in [0.25, 0.3) is 0 Å². The van der Waals surface area contributed by atoms with Crippen LogP contribution in [0.1, 0.15) is 30.0 Å². The van der Waals surface area contributed by atoms with Crippen LogP contribution < -0.4 is 4.74 Å². The first kappa shape index (κ1) is 19.9. The van der Waals surface area contributed by atoms with Gasteiger partial charge in [-0.1, -0.05) is 54.6 Å². The molecule has 1 fully saturated rings. The van der Waals surface area contributed by atoms with Crippen molar-refractivity contribution in [2.45, 2.75) is 25.4 Å². The van der Waals surface area contributed by atoms with Crippen LogP contribution in [-0.4, -0.2) is 29.6 Å². The molecule has 158 valence electrons. The van der Waals surface area contributed by atoms with Crippen molar-refractivity contribution in [2.24, 2.45) is 7.05 Å². The summed E-state index contributed by atoms with van der Waals surface area (Å²) in [5.74, 6) is 1.58. The largest absolute Gasteiger partial charge is 0.487 e. The molecule has 0 amide bonds. The number of hydrogen-bond donors (Lipinski definition) is 0. The molecule has 5 rings (SSSR count). The van der Waals surface area contributed by atoms with Gasteiger partial charge >= 0.3 is 0 Å². The zero-order valence-corrected chi connectivity index (χ0v) is 18.4. The van der Waals surface area contributed by atoms with E-state index in [1.807, 2.05) is 0 Å². The van der Waals surface area contributed by atoms with Crippen LogP contribution in [0.25, 0.3) is 22.0 Å². The Balaban J connectivity index is 1.37. The van der Waals surface area contributed by atoms with Crippen LogP contribution in [0.15, 0.2) is 78.9 Å². The van der Waals surface area contributed by atoms with Crippen LogP contribution in [0.3, 0.4) is 0 Å². The molecule has 3 aromatic carbocycles. The summed E-state index contributed by atoms with van der Waals surface area (Å²) in [5.41, 5.74) is 5.08. The van der Waals surface area contributed by atoms with Gasteiger partial charge in [-0.15, -0.1) is 0 Å². The molecular formula is C28H30N2O. The molecular weight excluding hydrogens is 380 g/mol. The van der Waals surface area contributed by atoms with Crippen LogP contribution in [-0.2, 0) is 13.7 Å². The van der Waals surface area contributed by atoms with Gasteiger partial charge in [-0.25, -0.2) is 0 Å². The first-order valence-electron chi connectivity index (χ1n) is 11.2. The second kappa shape index (κ2) is 8.60. The third-order valence-corrected chi connectivity index (χ3v) is 6.73. The Morgan fingerprint density at radius 2 is 1.65 bits per heavy atom. The van der Waals surface area contributed by atoms with Gasteiger partial charge in [0.1, 0.15) is 12.4 Å². The first-order valence-corrected chi connectivity index (χ1v) is 11.2. The summed E-state index contributed by atoms with van der Waals surface area (Å²) in [6.07, 6.45) is 2.46. The van der Waals surface area contributed by atoms with Crippen LogP contribution in [0.2, 0.25) is 0 Å². The third kappa shape index (κ3) is 4.11. The van der Waals surface area contributed by atoms with E-state index >= 15 is 0 Å². The van der Waals surface area contributed by atoms with Gasteiger partial charge in [0.2, 0.25) is 0 Å². The molecule has 0 unspecified atom stereocenters. The molecule has 1 aliphatic rings. The van der Waals surface area contributed by atoms with Gasteiger partial charge in [0, 0.05) is 12.7 Å². The highest BCUT2D eigenvalue weighted by molar-refractivity contribution is 5.87. The van der Waals surface area contributed by atoms with Crippen molar-refractivity contribution in [3.05, 3.63) is 90.1 Å². The quantitative estimate of drug-likeness (QED) is 0.388. The van der Waals surface area contributed by atoms with E-state index in [0.29, 0.717) is 12.5 Å². The number of hydrogen-bond acceptors (Lipinski definition) is 2. The van der Waals surface area contributed by atoms with Crippen molar-refractivity contribution in [1.29, 1.82) is 0 Å². The maximum absolute atomic E-state index is 6.26.